The molecule has 0 amide bonds. The van der Waals surface area contributed by atoms with Crippen LogP contribution in [0.15, 0.2) is 29.5 Å². The van der Waals surface area contributed by atoms with Crippen LogP contribution in [0.1, 0.15) is 151 Å². The molecule has 5 aliphatic carbocycles. The molecule has 0 aliphatic heterocycles. The molecule has 8 atom stereocenters. The van der Waals surface area contributed by atoms with E-state index in [9.17, 15) is 19.5 Å². The summed E-state index contributed by atoms with van der Waals surface area (Å²) in [5.74, 6) is 1.29. The van der Waals surface area contributed by atoms with Crippen molar-refractivity contribution >= 4 is 17.7 Å². The summed E-state index contributed by atoms with van der Waals surface area (Å²) in [4.78, 5) is 49.6. The Morgan fingerprint density at radius 1 is 0.982 bits per heavy atom. The highest BCUT2D eigenvalue weighted by atomic mass is 16.5. The normalized spacial score (nSPS) is 35.5. The monoisotopic (exact) mass is 754 g/mol. The third-order valence-corrected chi connectivity index (χ3v) is 17.0. The molecule has 8 heteroatoms. The van der Waals surface area contributed by atoms with Crippen LogP contribution in [-0.2, 0) is 38.0 Å². The van der Waals surface area contributed by atoms with Gasteiger partial charge in [-0.1, -0.05) is 61.5 Å². The molecule has 55 heavy (non-hydrogen) atoms. The quantitative estimate of drug-likeness (QED) is 0.267. The topological polar surface area (TPSA) is 111 Å². The Morgan fingerprint density at radius 3 is 2.31 bits per heavy atom. The Hall–Kier alpha value is -3.29. The van der Waals surface area contributed by atoms with E-state index < -0.39 is 22.8 Å². The molecule has 4 saturated carbocycles. The van der Waals surface area contributed by atoms with Gasteiger partial charge in [-0.05, 0) is 141 Å². The predicted octanol–water partition coefficient (Wildman–Crippen LogP) is 10.00. The number of aromatic nitrogens is 3. The van der Waals surface area contributed by atoms with Crippen molar-refractivity contribution in [3.63, 3.8) is 0 Å². The van der Waals surface area contributed by atoms with Gasteiger partial charge in [-0.25, -0.2) is 4.98 Å². The van der Waals surface area contributed by atoms with Gasteiger partial charge in [0, 0.05) is 25.1 Å². The molecule has 300 valence electrons. The van der Waals surface area contributed by atoms with Crippen LogP contribution in [0.5, 0.6) is 0 Å². The molecule has 0 saturated heterocycles. The highest BCUT2D eigenvalue weighted by Crippen LogP contribution is 2.77. The van der Waals surface area contributed by atoms with Crippen molar-refractivity contribution < 1.29 is 24.2 Å². The van der Waals surface area contributed by atoms with Crippen LogP contribution < -0.4 is 0 Å². The van der Waals surface area contributed by atoms with Gasteiger partial charge in [0.2, 0.25) is 0 Å². The molecule has 2 heterocycles. The number of pyridine rings is 1. The Bertz CT molecular complexity index is 1940. The molecule has 4 fully saturated rings. The molecular weight excluding hydrogens is 687 g/mol. The van der Waals surface area contributed by atoms with Crippen LogP contribution in [-0.4, -0.2) is 43.5 Å². The number of hydrogen-bond donors (Lipinski definition) is 1. The fourth-order valence-corrected chi connectivity index (χ4v) is 13.9. The van der Waals surface area contributed by atoms with Gasteiger partial charge in [0.05, 0.1) is 34.3 Å². The van der Waals surface area contributed by atoms with Gasteiger partial charge >= 0.3 is 11.9 Å². The number of aliphatic carboxylic acids is 1. The van der Waals surface area contributed by atoms with Crippen LogP contribution in [0.2, 0.25) is 0 Å². The number of ether oxygens (including phenoxy) is 1. The summed E-state index contributed by atoms with van der Waals surface area (Å²) in [6, 6.07) is 4.29. The summed E-state index contributed by atoms with van der Waals surface area (Å²) >= 11 is 0. The number of Topliss-reactive ketones (excluding diaryl/α,β-unsaturated/α-hetero) is 1. The standard InChI is InChI=1S/C47H67N3O5/c1-13-29-14-16-31(48-26-29)39-28(4)49-40(50(39)12)47-23-22-45(10)30(38(47)37(27(2)3)32(51)24-47)15-17-34-44(9)20-19-35(55-36(52)25-42(5,6)41(53)54)43(7,8)33(44)18-21-46(34,45)11/h14,16,26-27,30,33-35H,13,15,17-25H2,1-12H3,(H,53,54). The second-order valence-corrected chi connectivity index (χ2v) is 20.8. The molecule has 2 aromatic heterocycles. The highest BCUT2D eigenvalue weighted by molar-refractivity contribution is 6.01. The minimum Gasteiger partial charge on any atom is -0.481 e. The first-order chi connectivity index (χ1) is 25.6. The number of fused-ring (bicyclic) bond motifs is 7. The number of rotatable bonds is 8. The Labute approximate surface area is 329 Å². The molecule has 2 aromatic rings. The fourth-order valence-electron chi connectivity index (χ4n) is 13.9. The minimum atomic E-state index is -1.16. The first-order valence-electron chi connectivity index (χ1n) is 21.3. The lowest BCUT2D eigenvalue weighted by atomic mass is 9.33. The molecule has 7 rings (SSSR count). The Balaban J connectivity index is 1.23. The van der Waals surface area contributed by atoms with E-state index in [1.165, 1.54) is 11.1 Å². The summed E-state index contributed by atoms with van der Waals surface area (Å²) in [6.07, 6.45) is 11.2. The van der Waals surface area contributed by atoms with E-state index in [-0.39, 0.29) is 40.1 Å². The number of aryl methyl sites for hydroxylation is 2. The summed E-state index contributed by atoms with van der Waals surface area (Å²) < 4.78 is 8.48. The lowest BCUT2D eigenvalue weighted by molar-refractivity contribution is -0.232. The molecule has 0 aromatic carbocycles. The SMILES string of the molecule is CCc1ccc(-c2c(C)nc(C34CCC5(C)C(CCC6C7(C)CCC(OC(=O)CC(C)(C)C(=O)O)C(C)(C)C7CCC65C)C3=C(C(C)C)C(=O)C4)n2C)nc1. The maximum Gasteiger partial charge on any atom is 0.309 e. The minimum absolute atomic E-state index is 0.0178. The average molecular weight is 754 g/mol. The molecule has 0 radical (unpaired) electrons. The lowest BCUT2D eigenvalue weighted by Gasteiger charge is -2.72. The summed E-state index contributed by atoms with van der Waals surface area (Å²) in [5, 5.41) is 9.65. The smallest absolute Gasteiger partial charge is 0.309 e. The Morgan fingerprint density at radius 2 is 1.69 bits per heavy atom. The molecule has 0 spiro atoms. The van der Waals surface area contributed by atoms with Gasteiger partial charge in [-0.3, -0.25) is 19.4 Å². The largest absolute Gasteiger partial charge is 0.481 e. The molecule has 0 bridgehead atoms. The van der Waals surface area contributed by atoms with Crippen molar-refractivity contribution in [1.29, 1.82) is 0 Å². The number of allylic oxidation sites excluding steroid dienone is 2. The first-order valence-corrected chi connectivity index (χ1v) is 21.3. The van der Waals surface area contributed by atoms with E-state index in [0.717, 1.165) is 86.3 Å². The third kappa shape index (κ3) is 5.67. The third-order valence-electron chi connectivity index (χ3n) is 17.0. The molecule has 8 unspecified atom stereocenters. The van der Waals surface area contributed by atoms with Crippen molar-refractivity contribution in [2.45, 2.75) is 158 Å². The van der Waals surface area contributed by atoms with Crippen molar-refractivity contribution in [3.8, 4) is 11.4 Å². The number of ketones is 1. The van der Waals surface area contributed by atoms with Gasteiger partial charge in [0.1, 0.15) is 11.9 Å². The average Bonchev–Trinajstić information content (AvgIpc) is 3.58. The fraction of sp³-hybridized carbons (Fsp3) is 0.723. The van der Waals surface area contributed by atoms with Gasteiger partial charge in [-0.15, -0.1) is 0 Å². The van der Waals surface area contributed by atoms with Crippen molar-refractivity contribution in [2.75, 3.05) is 0 Å². The van der Waals surface area contributed by atoms with Crippen molar-refractivity contribution in [3.05, 3.63) is 46.6 Å². The maximum absolute atomic E-state index is 14.4. The number of imidazole rings is 1. The number of carbonyl (C=O) groups excluding carboxylic acids is 2. The maximum atomic E-state index is 14.4. The molecular formula is C47H67N3O5. The van der Waals surface area contributed by atoms with Gasteiger partial charge < -0.3 is 14.4 Å². The van der Waals surface area contributed by atoms with E-state index >= 15 is 0 Å². The number of nitrogens with zero attached hydrogens (tertiary/aromatic N) is 3. The van der Waals surface area contributed by atoms with Crippen LogP contribution in [0.3, 0.4) is 0 Å². The Kier molecular flexibility index (Phi) is 9.53. The first kappa shape index (κ1) is 39.9. The van der Waals surface area contributed by atoms with Crippen molar-refractivity contribution in [2.24, 2.45) is 57.8 Å². The van der Waals surface area contributed by atoms with Gasteiger partial charge in [0.25, 0.3) is 0 Å². The lowest BCUT2D eigenvalue weighted by Crippen LogP contribution is -2.66. The van der Waals surface area contributed by atoms with Crippen LogP contribution in [0.4, 0.5) is 0 Å². The van der Waals surface area contributed by atoms with E-state index in [4.69, 9.17) is 14.7 Å². The number of esters is 1. The zero-order valence-corrected chi connectivity index (χ0v) is 35.8. The number of carboxylic acids is 1. The number of hydrogen-bond acceptors (Lipinski definition) is 6. The van der Waals surface area contributed by atoms with Gasteiger partial charge in [-0.2, -0.15) is 0 Å². The molecule has 8 nitrogen and oxygen atoms in total. The summed E-state index contributed by atoms with van der Waals surface area (Å²) in [5.41, 5.74) is 5.00. The predicted molar refractivity (Wildman–Crippen MR) is 215 cm³/mol. The van der Waals surface area contributed by atoms with Crippen LogP contribution in [0.25, 0.3) is 11.4 Å². The number of carboxylic acid groups (broad SMARTS) is 1. The van der Waals surface area contributed by atoms with E-state index in [2.05, 4.69) is 86.1 Å². The molecule has 1 N–H and O–H groups in total. The number of carbonyl (C=O) groups is 3. The zero-order chi connectivity index (χ0) is 40.3. The molecule has 5 aliphatic rings. The van der Waals surface area contributed by atoms with Crippen molar-refractivity contribution in [1.82, 2.24) is 14.5 Å². The summed E-state index contributed by atoms with van der Waals surface area (Å²) in [7, 11) is 2.14. The van der Waals surface area contributed by atoms with E-state index in [0.29, 0.717) is 30.0 Å². The van der Waals surface area contributed by atoms with E-state index in [1.54, 1.807) is 13.8 Å². The van der Waals surface area contributed by atoms with Gasteiger partial charge in [0.15, 0.2) is 5.78 Å². The second-order valence-electron chi connectivity index (χ2n) is 20.8. The summed E-state index contributed by atoms with van der Waals surface area (Å²) in [6.45, 7) is 24.2. The highest BCUT2D eigenvalue weighted by Gasteiger charge is 2.70. The zero-order valence-electron chi connectivity index (χ0n) is 35.8. The second kappa shape index (κ2) is 13.1. The van der Waals surface area contributed by atoms with Crippen LogP contribution >= 0.6 is 0 Å². The van der Waals surface area contributed by atoms with E-state index in [1.807, 2.05) is 6.20 Å². The van der Waals surface area contributed by atoms with Crippen LogP contribution in [0, 0.1) is 57.7 Å².